The number of aromatic nitrogens is 2. The number of para-hydroxylation sites is 1. The van der Waals surface area contributed by atoms with Crippen LogP contribution in [0.4, 0.5) is 0 Å². The molecule has 3 aromatic rings. The van der Waals surface area contributed by atoms with E-state index in [4.69, 9.17) is 4.42 Å². The van der Waals surface area contributed by atoms with Gasteiger partial charge in [0.25, 0.3) is 0 Å². The van der Waals surface area contributed by atoms with Gasteiger partial charge in [-0.1, -0.05) is 18.2 Å². The number of hydrogen-bond donors (Lipinski definition) is 0. The summed E-state index contributed by atoms with van der Waals surface area (Å²) >= 11 is 0. The van der Waals surface area contributed by atoms with Crippen LogP contribution >= 0.6 is 0 Å². The Labute approximate surface area is 86.4 Å². The lowest BCUT2D eigenvalue weighted by molar-refractivity contribution is 0.607. The molecule has 0 aliphatic carbocycles. The van der Waals surface area contributed by atoms with Crippen molar-refractivity contribution in [2.24, 2.45) is 0 Å². The van der Waals surface area contributed by atoms with Crippen molar-refractivity contribution in [2.75, 3.05) is 0 Å². The van der Waals surface area contributed by atoms with Crippen molar-refractivity contribution in [1.29, 1.82) is 0 Å². The van der Waals surface area contributed by atoms with Crippen LogP contribution in [0.5, 0.6) is 0 Å². The first-order valence-corrected chi connectivity index (χ1v) is 4.62. The van der Waals surface area contributed by atoms with Crippen molar-refractivity contribution in [3.8, 4) is 11.3 Å². The molecular formula is C12H7N2O. The largest absolute Gasteiger partial charge is 0.452 e. The van der Waals surface area contributed by atoms with Gasteiger partial charge < -0.3 is 4.42 Å². The first-order valence-electron chi connectivity index (χ1n) is 4.62. The molecule has 0 spiro atoms. The molecule has 0 aliphatic heterocycles. The molecule has 0 fully saturated rings. The zero-order valence-electron chi connectivity index (χ0n) is 7.84. The minimum Gasteiger partial charge on any atom is -0.452 e. The van der Waals surface area contributed by atoms with Gasteiger partial charge in [0, 0.05) is 11.6 Å². The highest BCUT2D eigenvalue weighted by Crippen LogP contribution is 2.27. The van der Waals surface area contributed by atoms with Crippen LogP contribution < -0.4 is 0 Å². The van der Waals surface area contributed by atoms with Crippen LogP contribution in [0, 0.1) is 6.26 Å². The topological polar surface area (TPSA) is 38.9 Å². The number of furan rings is 1. The van der Waals surface area contributed by atoms with Crippen molar-refractivity contribution in [3.05, 3.63) is 48.9 Å². The summed E-state index contributed by atoms with van der Waals surface area (Å²) in [6.45, 7) is 0. The van der Waals surface area contributed by atoms with E-state index in [-0.39, 0.29) is 0 Å². The molecule has 71 valence electrons. The first-order chi connectivity index (χ1) is 7.45. The Morgan fingerprint density at radius 1 is 1.07 bits per heavy atom. The highest BCUT2D eigenvalue weighted by Gasteiger charge is 2.08. The summed E-state index contributed by atoms with van der Waals surface area (Å²) in [5, 5.41) is 8.88. The second-order valence-corrected chi connectivity index (χ2v) is 3.18. The highest BCUT2D eigenvalue weighted by molar-refractivity contribution is 5.92. The van der Waals surface area contributed by atoms with Gasteiger partial charge in [0.15, 0.2) is 6.26 Å². The van der Waals surface area contributed by atoms with Crippen molar-refractivity contribution in [2.45, 2.75) is 0 Å². The lowest BCUT2D eigenvalue weighted by Gasteiger charge is -1.93. The van der Waals surface area contributed by atoms with Crippen LogP contribution in [0.15, 0.2) is 47.0 Å². The van der Waals surface area contributed by atoms with Crippen molar-refractivity contribution >= 4 is 11.0 Å². The molecule has 2 aromatic heterocycles. The summed E-state index contributed by atoms with van der Waals surface area (Å²) in [6.07, 6.45) is 4.50. The maximum absolute atomic E-state index is 5.31. The minimum atomic E-state index is 0.780. The van der Waals surface area contributed by atoms with E-state index in [0.717, 1.165) is 22.2 Å². The second kappa shape index (κ2) is 3.20. The Hall–Kier alpha value is -2.16. The Balaban J connectivity index is 2.28. The fourth-order valence-corrected chi connectivity index (χ4v) is 1.55. The first kappa shape index (κ1) is 8.17. The molecule has 3 rings (SSSR count). The van der Waals surface area contributed by atoms with E-state index < -0.39 is 0 Å². The van der Waals surface area contributed by atoms with Crippen LogP contribution in [0.3, 0.4) is 0 Å². The van der Waals surface area contributed by atoms with Crippen molar-refractivity contribution < 1.29 is 4.42 Å². The van der Waals surface area contributed by atoms with Gasteiger partial charge in [0.05, 0.1) is 11.3 Å². The number of fused-ring (bicyclic) bond motifs is 1. The predicted molar refractivity (Wildman–Crippen MR) is 56.1 cm³/mol. The quantitative estimate of drug-likeness (QED) is 0.599. The summed E-state index contributed by atoms with van der Waals surface area (Å²) in [6, 6.07) is 11.5. The third kappa shape index (κ3) is 1.29. The Kier molecular flexibility index (Phi) is 1.75. The molecule has 0 saturated heterocycles. The smallest absolute Gasteiger partial charge is 0.180 e. The highest BCUT2D eigenvalue weighted by atomic mass is 16.3. The molecule has 0 aliphatic rings. The third-order valence-corrected chi connectivity index (χ3v) is 2.25. The molecular weight excluding hydrogens is 188 g/mol. The van der Waals surface area contributed by atoms with Gasteiger partial charge in [-0.2, -0.15) is 10.2 Å². The van der Waals surface area contributed by atoms with E-state index >= 15 is 0 Å². The van der Waals surface area contributed by atoms with E-state index in [1.807, 2.05) is 36.4 Å². The molecule has 3 heteroatoms. The molecule has 3 nitrogen and oxygen atoms in total. The van der Waals surface area contributed by atoms with Gasteiger partial charge in [-0.3, -0.25) is 0 Å². The van der Waals surface area contributed by atoms with Gasteiger partial charge >= 0.3 is 0 Å². The molecule has 2 heterocycles. The number of rotatable bonds is 1. The van der Waals surface area contributed by atoms with Gasteiger partial charge in [-0.15, -0.1) is 0 Å². The molecule has 15 heavy (non-hydrogen) atoms. The van der Waals surface area contributed by atoms with E-state index in [1.165, 1.54) is 0 Å². The van der Waals surface area contributed by atoms with E-state index in [1.54, 1.807) is 6.20 Å². The zero-order chi connectivity index (χ0) is 10.1. The Morgan fingerprint density at radius 3 is 2.87 bits per heavy atom. The fraction of sp³-hybridized carbons (Fsp3) is 0. The summed E-state index contributed by atoms with van der Waals surface area (Å²) in [5.41, 5.74) is 2.46. The van der Waals surface area contributed by atoms with Crippen LogP contribution in [0.1, 0.15) is 0 Å². The third-order valence-electron chi connectivity index (χ3n) is 2.25. The Bertz CT molecular complexity index is 587. The average Bonchev–Trinajstić information content (AvgIpc) is 2.74. The van der Waals surface area contributed by atoms with Gasteiger partial charge in [-0.05, 0) is 18.2 Å². The minimum absolute atomic E-state index is 0.780. The maximum atomic E-state index is 5.31. The molecule has 1 aromatic carbocycles. The van der Waals surface area contributed by atoms with Crippen molar-refractivity contribution in [3.63, 3.8) is 0 Å². The number of benzene rings is 1. The normalized spacial score (nSPS) is 10.7. The fourth-order valence-electron chi connectivity index (χ4n) is 1.55. The standard InChI is InChI=1S/C12H7N2O/c1-2-6-12-9(4-1)10(8-15-12)11-5-3-7-13-14-11/h1-7H. The second-order valence-electron chi connectivity index (χ2n) is 3.18. The lowest BCUT2D eigenvalue weighted by Crippen LogP contribution is -1.83. The number of nitrogens with zero attached hydrogens (tertiary/aromatic N) is 2. The number of hydrogen-bond acceptors (Lipinski definition) is 3. The van der Waals surface area contributed by atoms with Gasteiger partial charge in [-0.25, -0.2) is 0 Å². The summed E-state index contributed by atoms with van der Waals surface area (Å²) in [5.74, 6) is 0. The van der Waals surface area contributed by atoms with E-state index in [9.17, 15) is 0 Å². The summed E-state index contributed by atoms with van der Waals surface area (Å²) < 4.78 is 5.31. The van der Waals surface area contributed by atoms with Crippen LogP contribution in [-0.2, 0) is 0 Å². The molecule has 0 saturated carbocycles. The van der Waals surface area contributed by atoms with Gasteiger partial charge in [0.2, 0.25) is 0 Å². The Morgan fingerprint density at radius 2 is 2.00 bits per heavy atom. The SMILES string of the molecule is [c]1oc2ccccc2c1-c1cccnn1. The summed E-state index contributed by atoms with van der Waals surface area (Å²) in [4.78, 5) is 0. The molecule has 0 amide bonds. The predicted octanol–water partition coefficient (Wildman–Crippen LogP) is 2.69. The van der Waals surface area contributed by atoms with E-state index in [2.05, 4.69) is 16.5 Å². The zero-order valence-corrected chi connectivity index (χ0v) is 7.84. The maximum Gasteiger partial charge on any atom is 0.180 e. The molecule has 0 atom stereocenters. The lowest BCUT2D eigenvalue weighted by atomic mass is 10.1. The van der Waals surface area contributed by atoms with Crippen molar-refractivity contribution in [1.82, 2.24) is 10.2 Å². The molecule has 1 radical (unpaired) electrons. The average molecular weight is 195 g/mol. The molecule has 0 unspecified atom stereocenters. The molecule has 0 bridgehead atoms. The van der Waals surface area contributed by atoms with Crippen LogP contribution in [0.2, 0.25) is 0 Å². The van der Waals surface area contributed by atoms with Gasteiger partial charge in [0.1, 0.15) is 5.58 Å². The molecule has 0 N–H and O–H groups in total. The van der Waals surface area contributed by atoms with Crippen LogP contribution in [-0.4, -0.2) is 10.2 Å². The van der Waals surface area contributed by atoms with Crippen LogP contribution in [0.25, 0.3) is 22.2 Å². The summed E-state index contributed by atoms with van der Waals surface area (Å²) in [7, 11) is 0. The van der Waals surface area contributed by atoms with E-state index in [0.29, 0.717) is 0 Å². The monoisotopic (exact) mass is 195 g/mol.